The fourth-order valence-corrected chi connectivity index (χ4v) is 3.05. The summed E-state index contributed by atoms with van der Waals surface area (Å²) < 4.78 is 0. The number of Topliss-reactive ketones (excluding diaryl/α,β-unsaturated/α-hetero) is 1. The van der Waals surface area contributed by atoms with Crippen LogP contribution in [-0.4, -0.2) is 5.78 Å². The third-order valence-electron chi connectivity index (χ3n) is 4.42. The highest BCUT2D eigenvalue weighted by atomic mass is 16.1. The smallest absolute Gasteiger partial charge is 0.158 e. The van der Waals surface area contributed by atoms with E-state index in [0.717, 1.165) is 24.8 Å². The van der Waals surface area contributed by atoms with Crippen molar-refractivity contribution in [1.29, 1.82) is 0 Å². The largest absolute Gasteiger partial charge is 0.295 e. The molecular weight excluding hydrogens is 244 g/mol. The molecule has 0 aromatic carbocycles. The maximum absolute atomic E-state index is 11.4. The van der Waals surface area contributed by atoms with Gasteiger partial charge in [-0.3, -0.25) is 4.79 Å². The zero-order chi connectivity index (χ0) is 14.5. The molecule has 0 fully saturated rings. The standard InChI is InChI=1S/C19H34O/c1-2-3-4-5-6-7-8-9-10-11-12-13-15-18-16-14-17-19(18)20/h16H,2-15,17H2,1H3. The first-order valence-corrected chi connectivity index (χ1v) is 9.07. The van der Waals surface area contributed by atoms with Gasteiger partial charge in [-0.2, -0.15) is 0 Å². The van der Waals surface area contributed by atoms with Crippen LogP contribution < -0.4 is 0 Å². The van der Waals surface area contributed by atoms with E-state index in [0.29, 0.717) is 5.78 Å². The normalized spacial score (nSPS) is 14.8. The number of rotatable bonds is 13. The lowest BCUT2D eigenvalue weighted by molar-refractivity contribution is -0.115. The first kappa shape index (κ1) is 17.5. The highest BCUT2D eigenvalue weighted by Gasteiger charge is 2.13. The molecule has 0 saturated heterocycles. The van der Waals surface area contributed by atoms with E-state index in [1.807, 2.05) is 0 Å². The molecule has 0 bridgehead atoms. The first-order chi connectivity index (χ1) is 9.84. The van der Waals surface area contributed by atoms with E-state index in [1.54, 1.807) is 0 Å². The molecule has 1 rings (SSSR count). The van der Waals surface area contributed by atoms with E-state index in [2.05, 4.69) is 13.0 Å². The molecule has 1 aliphatic carbocycles. The average Bonchev–Trinajstić information content (AvgIpc) is 2.85. The van der Waals surface area contributed by atoms with E-state index < -0.39 is 0 Å². The van der Waals surface area contributed by atoms with Crippen LogP contribution in [-0.2, 0) is 4.79 Å². The number of hydrogen-bond donors (Lipinski definition) is 0. The lowest BCUT2D eigenvalue weighted by Crippen LogP contribution is -1.95. The van der Waals surface area contributed by atoms with Crippen molar-refractivity contribution in [3.05, 3.63) is 11.6 Å². The van der Waals surface area contributed by atoms with Gasteiger partial charge < -0.3 is 0 Å². The van der Waals surface area contributed by atoms with Crippen molar-refractivity contribution in [2.24, 2.45) is 0 Å². The molecule has 116 valence electrons. The Morgan fingerprint density at radius 1 is 0.800 bits per heavy atom. The minimum Gasteiger partial charge on any atom is -0.295 e. The van der Waals surface area contributed by atoms with Gasteiger partial charge in [0.25, 0.3) is 0 Å². The summed E-state index contributed by atoms with van der Waals surface area (Å²) in [7, 11) is 0. The van der Waals surface area contributed by atoms with Gasteiger partial charge in [0.2, 0.25) is 0 Å². The molecule has 1 nitrogen and oxygen atoms in total. The lowest BCUT2D eigenvalue weighted by atomic mass is 10.0. The van der Waals surface area contributed by atoms with Crippen molar-refractivity contribution < 1.29 is 4.79 Å². The molecule has 1 aliphatic rings. The number of hydrogen-bond acceptors (Lipinski definition) is 1. The molecule has 0 spiro atoms. The van der Waals surface area contributed by atoms with E-state index >= 15 is 0 Å². The Labute approximate surface area is 126 Å². The van der Waals surface area contributed by atoms with Crippen LogP contribution in [0.15, 0.2) is 11.6 Å². The topological polar surface area (TPSA) is 17.1 Å². The van der Waals surface area contributed by atoms with Crippen molar-refractivity contribution in [1.82, 2.24) is 0 Å². The number of carbonyl (C=O) groups is 1. The maximum Gasteiger partial charge on any atom is 0.158 e. The second kappa shape index (κ2) is 12.2. The van der Waals surface area contributed by atoms with Crippen LogP contribution in [0.1, 0.15) is 103 Å². The molecule has 0 aromatic rings. The van der Waals surface area contributed by atoms with Crippen LogP contribution in [0.5, 0.6) is 0 Å². The van der Waals surface area contributed by atoms with Gasteiger partial charge >= 0.3 is 0 Å². The molecule has 20 heavy (non-hydrogen) atoms. The molecule has 0 heterocycles. The Bertz CT molecular complexity index is 277. The molecule has 0 aliphatic heterocycles. The van der Waals surface area contributed by atoms with E-state index in [-0.39, 0.29) is 0 Å². The monoisotopic (exact) mass is 278 g/mol. The van der Waals surface area contributed by atoms with Gasteiger partial charge in [0.1, 0.15) is 0 Å². The van der Waals surface area contributed by atoms with Crippen molar-refractivity contribution in [3.8, 4) is 0 Å². The van der Waals surface area contributed by atoms with Gasteiger partial charge in [-0.05, 0) is 24.8 Å². The quantitative estimate of drug-likeness (QED) is 0.358. The molecule has 0 atom stereocenters. The predicted octanol–water partition coefficient (Wildman–Crippen LogP) is 6.37. The first-order valence-electron chi connectivity index (χ1n) is 9.07. The maximum atomic E-state index is 11.4. The third kappa shape index (κ3) is 8.55. The summed E-state index contributed by atoms with van der Waals surface area (Å²) in [5.41, 5.74) is 1.12. The third-order valence-corrected chi connectivity index (χ3v) is 4.42. The number of allylic oxidation sites excluding steroid dienone is 2. The average molecular weight is 278 g/mol. The summed E-state index contributed by atoms with van der Waals surface area (Å²) in [4.78, 5) is 11.4. The van der Waals surface area contributed by atoms with E-state index in [1.165, 1.54) is 77.0 Å². The van der Waals surface area contributed by atoms with Gasteiger partial charge in [-0.1, -0.05) is 83.6 Å². The Hall–Kier alpha value is -0.590. The molecule has 0 saturated carbocycles. The zero-order valence-electron chi connectivity index (χ0n) is 13.6. The Balaban J connectivity index is 1.75. The summed E-state index contributed by atoms with van der Waals surface area (Å²) in [5.74, 6) is 0.410. The fourth-order valence-electron chi connectivity index (χ4n) is 3.05. The van der Waals surface area contributed by atoms with Crippen molar-refractivity contribution >= 4 is 5.78 Å². The van der Waals surface area contributed by atoms with Crippen LogP contribution in [0.2, 0.25) is 0 Å². The second-order valence-corrected chi connectivity index (χ2v) is 6.33. The Kier molecular flexibility index (Phi) is 10.6. The van der Waals surface area contributed by atoms with Crippen LogP contribution in [0, 0.1) is 0 Å². The Morgan fingerprint density at radius 3 is 1.75 bits per heavy atom. The lowest BCUT2D eigenvalue weighted by Gasteiger charge is -2.03. The number of carbonyl (C=O) groups excluding carboxylic acids is 1. The van der Waals surface area contributed by atoms with Crippen LogP contribution in [0.4, 0.5) is 0 Å². The molecule has 0 radical (unpaired) electrons. The molecule has 0 aromatic heterocycles. The van der Waals surface area contributed by atoms with Crippen molar-refractivity contribution in [2.45, 2.75) is 103 Å². The van der Waals surface area contributed by atoms with Crippen LogP contribution in [0.3, 0.4) is 0 Å². The minimum absolute atomic E-state index is 0.410. The summed E-state index contributed by atoms with van der Waals surface area (Å²) >= 11 is 0. The highest BCUT2D eigenvalue weighted by molar-refractivity contribution is 5.97. The minimum atomic E-state index is 0.410. The van der Waals surface area contributed by atoms with Gasteiger partial charge in [0, 0.05) is 6.42 Å². The van der Waals surface area contributed by atoms with Gasteiger partial charge in [-0.15, -0.1) is 0 Å². The van der Waals surface area contributed by atoms with Crippen molar-refractivity contribution in [2.75, 3.05) is 0 Å². The van der Waals surface area contributed by atoms with Crippen molar-refractivity contribution in [3.63, 3.8) is 0 Å². The molecule has 0 N–H and O–H groups in total. The summed E-state index contributed by atoms with van der Waals surface area (Å²) in [6.07, 6.45) is 21.6. The second-order valence-electron chi connectivity index (χ2n) is 6.33. The fraction of sp³-hybridized carbons (Fsp3) is 0.842. The number of ketones is 1. The van der Waals surface area contributed by atoms with Gasteiger partial charge in [0.05, 0.1) is 0 Å². The van der Waals surface area contributed by atoms with Gasteiger partial charge in [0.15, 0.2) is 5.78 Å². The van der Waals surface area contributed by atoms with E-state index in [4.69, 9.17) is 0 Å². The SMILES string of the molecule is CCCCCCCCCCCCCCC1=CCCC1=O. The number of unbranched alkanes of at least 4 members (excludes halogenated alkanes) is 11. The van der Waals surface area contributed by atoms with Crippen LogP contribution in [0.25, 0.3) is 0 Å². The van der Waals surface area contributed by atoms with Crippen LogP contribution >= 0.6 is 0 Å². The summed E-state index contributed by atoms with van der Waals surface area (Å²) in [5, 5.41) is 0. The van der Waals surface area contributed by atoms with E-state index in [9.17, 15) is 4.79 Å². The predicted molar refractivity (Wildman–Crippen MR) is 88.0 cm³/mol. The Morgan fingerprint density at radius 2 is 1.30 bits per heavy atom. The highest BCUT2D eigenvalue weighted by Crippen LogP contribution is 2.20. The summed E-state index contributed by atoms with van der Waals surface area (Å²) in [6.45, 7) is 2.28. The molecule has 0 amide bonds. The summed E-state index contributed by atoms with van der Waals surface area (Å²) in [6, 6.07) is 0. The zero-order valence-corrected chi connectivity index (χ0v) is 13.6. The molecule has 1 heteroatoms. The molecular formula is C19H34O. The van der Waals surface area contributed by atoms with Gasteiger partial charge in [-0.25, -0.2) is 0 Å². The molecule has 0 unspecified atom stereocenters.